The number of benzene rings is 1. The molecule has 1 aromatic carbocycles. The highest BCUT2D eigenvalue weighted by Crippen LogP contribution is 2.26. The van der Waals surface area contributed by atoms with Crippen molar-refractivity contribution in [2.75, 3.05) is 14.2 Å². The zero-order valence-corrected chi connectivity index (χ0v) is 11.5. The molecule has 0 spiro atoms. The van der Waals surface area contributed by atoms with Crippen LogP contribution in [0.25, 0.3) is 5.70 Å². The SMILES string of the molecule is COC(=O)C1=NS(=O)(=O)N(C)C(c2cccc(F)c2)=C1. The lowest BCUT2D eigenvalue weighted by Crippen LogP contribution is -2.31. The van der Waals surface area contributed by atoms with Gasteiger partial charge in [0.05, 0.1) is 12.8 Å². The summed E-state index contributed by atoms with van der Waals surface area (Å²) in [4.78, 5) is 11.5. The van der Waals surface area contributed by atoms with E-state index in [9.17, 15) is 17.6 Å². The van der Waals surface area contributed by atoms with Crippen LogP contribution in [0.15, 0.2) is 34.7 Å². The summed E-state index contributed by atoms with van der Waals surface area (Å²) >= 11 is 0. The Hall–Kier alpha value is -2.22. The molecule has 2 rings (SSSR count). The Morgan fingerprint density at radius 1 is 1.40 bits per heavy atom. The number of esters is 1. The maximum absolute atomic E-state index is 13.2. The summed E-state index contributed by atoms with van der Waals surface area (Å²) in [5.74, 6) is -1.40. The van der Waals surface area contributed by atoms with Crippen molar-refractivity contribution in [1.82, 2.24) is 4.31 Å². The molecule has 0 N–H and O–H groups in total. The second-order valence-corrected chi connectivity index (χ2v) is 5.58. The predicted molar refractivity (Wildman–Crippen MR) is 70.5 cm³/mol. The van der Waals surface area contributed by atoms with Gasteiger partial charge in [0.1, 0.15) is 5.82 Å². The third-order valence-electron chi connectivity index (χ3n) is 2.69. The molecule has 0 atom stereocenters. The predicted octanol–water partition coefficient (Wildman–Crippen LogP) is 0.971. The van der Waals surface area contributed by atoms with Gasteiger partial charge in [-0.15, -0.1) is 4.40 Å². The van der Waals surface area contributed by atoms with Gasteiger partial charge in [0, 0.05) is 12.6 Å². The Kier molecular flexibility index (Phi) is 3.58. The summed E-state index contributed by atoms with van der Waals surface area (Å²) in [6, 6.07) is 5.37. The molecule has 0 saturated heterocycles. The molecule has 0 saturated carbocycles. The average molecular weight is 298 g/mol. The minimum atomic E-state index is -4.05. The standard InChI is InChI=1S/C12H11FN2O4S/c1-15-11(8-4-3-5-9(13)6-8)7-10(12(16)19-2)14-20(15,17)18/h3-7H,1-2H3. The third-order valence-corrected chi connectivity index (χ3v) is 4.00. The molecule has 0 fully saturated rings. The average Bonchev–Trinajstić information content (AvgIpc) is 2.40. The lowest BCUT2D eigenvalue weighted by molar-refractivity contribution is -0.132. The van der Waals surface area contributed by atoms with Gasteiger partial charge in [-0.2, -0.15) is 8.42 Å². The fourth-order valence-corrected chi connectivity index (χ4v) is 2.58. The van der Waals surface area contributed by atoms with Crippen LogP contribution in [0.4, 0.5) is 4.39 Å². The van der Waals surface area contributed by atoms with E-state index in [1.54, 1.807) is 0 Å². The lowest BCUT2D eigenvalue weighted by Gasteiger charge is -2.23. The smallest absolute Gasteiger partial charge is 0.357 e. The highest BCUT2D eigenvalue weighted by molar-refractivity contribution is 7.88. The van der Waals surface area contributed by atoms with Crippen molar-refractivity contribution < 1.29 is 22.3 Å². The molecule has 1 aliphatic heterocycles. The van der Waals surface area contributed by atoms with Crippen LogP contribution in [0.2, 0.25) is 0 Å². The Labute approximate surface area is 115 Å². The number of nitrogens with zero attached hydrogens (tertiary/aromatic N) is 2. The molecule has 0 aromatic heterocycles. The van der Waals surface area contributed by atoms with Crippen LogP contribution in [-0.2, 0) is 19.7 Å². The molecule has 1 aromatic rings. The van der Waals surface area contributed by atoms with E-state index in [1.807, 2.05) is 0 Å². The van der Waals surface area contributed by atoms with E-state index >= 15 is 0 Å². The lowest BCUT2D eigenvalue weighted by atomic mass is 10.1. The minimum Gasteiger partial charge on any atom is -0.464 e. The van der Waals surface area contributed by atoms with Crippen LogP contribution < -0.4 is 0 Å². The molecule has 1 aliphatic rings. The van der Waals surface area contributed by atoms with Crippen LogP contribution >= 0.6 is 0 Å². The molecule has 0 radical (unpaired) electrons. The van der Waals surface area contributed by atoms with Crippen LogP contribution in [0.1, 0.15) is 5.56 Å². The van der Waals surface area contributed by atoms with Gasteiger partial charge >= 0.3 is 16.2 Å². The van der Waals surface area contributed by atoms with Crippen molar-refractivity contribution in [3.63, 3.8) is 0 Å². The Balaban J connectivity index is 2.59. The van der Waals surface area contributed by atoms with Crippen molar-refractivity contribution in [2.24, 2.45) is 4.40 Å². The van der Waals surface area contributed by atoms with E-state index in [-0.39, 0.29) is 11.4 Å². The molecule has 20 heavy (non-hydrogen) atoms. The highest BCUT2D eigenvalue weighted by Gasteiger charge is 2.29. The second kappa shape index (κ2) is 5.04. The van der Waals surface area contributed by atoms with Gasteiger partial charge in [0.25, 0.3) is 0 Å². The van der Waals surface area contributed by atoms with E-state index in [2.05, 4.69) is 9.13 Å². The van der Waals surface area contributed by atoms with Crippen molar-refractivity contribution in [2.45, 2.75) is 0 Å². The van der Waals surface area contributed by atoms with Gasteiger partial charge in [0.15, 0.2) is 5.71 Å². The summed E-state index contributed by atoms with van der Waals surface area (Å²) in [7, 11) is -1.66. The summed E-state index contributed by atoms with van der Waals surface area (Å²) in [6.07, 6.45) is 1.24. The van der Waals surface area contributed by atoms with Crippen LogP contribution in [-0.4, -0.2) is 38.6 Å². The first kappa shape index (κ1) is 14.2. The van der Waals surface area contributed by atoms with E-state index < -0.39 is 22.0 Å². The first-order valence-electron chi connectivity index (χ1n) is 5.50. The molecule has 8 heteroatoms. The van der Waals surface area contributed by atoms with Gasteiger partial charge in [-0.1, -0.05) is 12.1 Å². The number of hydrogen-bond acceptors (Lipinski definition) is 4. The normalized spacial score (nSPS) is 17.2. The number of rotatable bonds is 2. The monoisotopic (exact) mass is 298 g/mol. The minimum absolute atomic E-state index is 0.139. The van der Waals surface area contributed by atoms with Crippen molar-refractivity contribution in [3.8, 4) is 0 Å². The number of methoxy groups -OCH3 is 1. The van der Waals surface area contributed by atoms with Crippen molar-refractivity contribution in [1.29, 1.82) is 0 Å². The zero-order chi connectivity index (χ0) is 14.9. The molecule has 106 valence electrons. The van der Waals surface area contributed by atoms with Crippen molar-refractivity contribution >= 4 is 27.6 Å². The number of carbonyl (C=O) groups excluding carboxylic acids is 1. The molecule has 0 bridgehead atoms. The van der Waals surface area contributed by atoms with E-state index in [0.29, 0.717) is 5.56 Å². The number of hydrogen-bond donors (Lipinski definition) is 0. The molecule has 6 nitrogen and oxygen atoms in total. The van der Waals surface area contributed by atoms with E-state index in [4.69, 9.17) is 0 Å². The Bertz CT molecular complexity index is 725. The molecular formula is C12H11FN2O4S. The summed E-state index contributed by atoms with van der Waals surface area (Å²) in [6.45, 7) is 0. The second-order valence-electron chi connectivity index (χ2n) is 3.95. The van der Waals surface area contributed by atoms with Gasteiger partial charge in [0.2, 0.25) is 0 Å². The zero-order valence-electron chi connectivity index (χ0n) is 10.7. The van der Waals surface area contributed by atoms with Crippen molar-refractivity contribution in [3.05, 3.63) is 41.7 Å². The number of carbonyl (C=O) groups is 1. The largest absolute Gasteiger partial charge is 0.464 e. The van der Waals surface area contributed by atoms with Crippen LogP contribution in [0.3, 0.4) is 0 Å². The highest BCUT2D eigenvalue weighted by atomic mass is 32.2. The fraction of sp³-hybridized carbons (Fsp3) is 0.167. The molecule has 0 amide bonds. The van der Waals surface area contributed by atoms with Crippen LogP contribution in [0.5, 0.6) is 0 Å². The summed E-state index contributed by atoms with van der Waals surface area (Å²) in [5, 5.41) is 0. The van der Waals surface area contributed by atoms with E-state index in [1.165, 1.54) is 31.3 Å². The first-order chi connectivity index (χ1) is 9.35. The maximum atomic E-state index is 13.2. The quantitative estimate of drug-likeness (QED) is 0.762. The fourth-order valence-electron chi connectivity index (χ4n) is 1.67. The van der Waals surface area contributed by atoms with Crippen LogP contribution in [0, 0.1) is 5.82 Å². The third kappa shape index (κ3) is 2.55. The molecule has 0 aliphatic carbocycles. The molecular weight excluding hydrogens is 287 g/mol. The van der Waals surface area contributed by atoms with E-state index in [0.717, 1.165) is 17.5 Å². The van der Waals surface area contributed by atoms with Gasteiger partial charge < -0.3 is 4.74 Å². The topological polar surface area (TPSA) is 76.0 Å². The summed E-state index contributed by atoms with van der Waals surface area (Å²) in [5.41, 5.74) is 0.0946. The Morgan fingerprint density at radius 3 is 2.70 bits per heavy atom. The maximum Gasteiger partial charge on any atom is 0.357 e. The van der Waals surface area contributed by atoms with Gasteiger partial charge in [-0.25, -0.2) is 9.18 Å². The first-order valence-corrected chi connectivity index (χ1v) is 6.89. The molecule has 1 heterocycles. The number of ether oxygens (including phenoxy) is 1. The van der Waals surface area contributed by atoms with Gasteiger partial charge in [-0.3, -0.25) is 4.31 Å². The Morgan fingerprint density at radius 2 is 2.10 bits per heavy atom. The summed E-state index contributed by atoms with van der Waals surface area (Å²) < 4.78 is 45.7. The molecule has 0 unspecified atom stereocenters. The number of halogens is 1. The van der Waals surface area contributed by atoms with Gasteiger partial charge in [-0.05, 0) is 18.2 Å².